The maximum atomic E-state index is 6.03. The van der Waals surface area contributed by atoms with E-state index in [9.17, 15) is 0 Å². The van der Waals surface area contributed by atoms with Gasteiger partial charge in [-0.3, -0.25) is 0 Å². The lowest BCUT2D eigenvalue weighted by molar-refractivity contribution is 0.305. The molecule has 0 saturated carbocycles. The van der Waals surface area contributed by atoms with E-state index in [1.165, 1.54) is 12.8 Å². The van der Waals surface area contributed by atoms with E-state index in [-0.39, 0.29) is 0 Å². The minimum atomic E-state index is 0.657. The Bertz CT molecular complexity index is 320. The number of halogens is 2. The third kappa shape index (κ3) is 5.19. The van der Waals surface area contributed by atoms with Gasteiger partial charge in [0.1, 0.15) is 5.75 Å². The Morgan fingerprint density at radius 3 is 2.81 bits per heavy atom. The molecule has 1 rings (SSSR count). The lowest BCUT2D eigenvalue weighted by Gasteiger charge is -2.08. The largest absolute Gasteiger partial charge is 0.492 e. The van der Waals surface area contributed by atoms with E-state index in [4.69, 9.17) is 16.3 Å². The van der Waals surface area contributed by atoms with Crippen molar-refractivity contribution in [1.82, 2.24) is 5.32 Å². The van der Waals surface area contributed by atoms with Crippen LogP contribution in [-0.4, -0.2) is 20.2 Å². The smallest absolute Gasteiger partial charge is 0.137 e. The highest BCUT2D eigenvalue weighted by molar-refractivity contribution is 9.10. The molecule has 16 heavy (non-hydrogen) atoms. The van der Waals surface area contributed by atoms with Gasteiger partial charge in [-0.15, -0.1) is 0 Å². The summed E-state index contributed by atoms with van der Waals surface area (Å²) < 4.78 is 6.57. The molecule has 0 radical (unpaired) electrons. The molecule has 1 aromatic carbocycles. The van der Waals surface area contributed by atoms with E-state index in [1.54, 1.807) is 0 Å². The number of rotatable bonds is 7. The van der Waals surface area contributed by atoms with Crippen LogP contribution in [0.25, 0.3) is 0 Å². The fourth-order valence-corrected chi connectivity index (χ4v) is 2.08. The molecule has 4 heteroatoms. The summed E-state index contributed by atoms with van der Waals surface area (Å²) in [6.07, 6.45) is 3.43. The van der Waals surface area contributed by atoms with Gasteiger partial charge in [-0.2, -0.15) is 0 Å². The van der Waals surface area contributed by atoms with Crippen molar-refractivity contribution in [3.8, 4) is 5.75 Å². The second kappa shape index (κ2) is 7.93. The van der Waals surface area contributed by atoms with Crippen molar-refractivity contribution in [3.05, 3.63) is 27.7 Å². The topological polar surface area (TPSA) is 21.3 Å². The molecule has 0 aromatic heterocycles. The molecule has 0 aliphatic carbocycles. The second-order valence-electron chi connectivity index (χ2n) is 3.59. The van der Waals surface area contributed by atoms with Crippen molar-refractivity contribution >= 4 is 27.5 Å². The minimum Gasteiger partial charge on any atom is -0.492 e. The lowest BCUT2D eigenvalue weighted by atomic mass is 10.2. The molecule has 0 bridgehead atoms. The van der Waals surface area contributed by atoms with E-state index in [2.05, 4.69) is 21.2 Å². The summed E-state index contributed by atoms with van der Waals surface area (Å²) >= 11 is 9.39. The predicted octanol–water partition coefficient (Wildman–Crippen LogP) is 3.87. The maximum Gasteiger partial charge on any atom is 0.137 e. The molecule has 0 aliphatic heterocycles. The zero-order valence-corrected chi connectivity index (χ0v) is 11.8. The molecule has 0 fully saturated rings. The van der Waals surface area contributed by atoms with Gasteiger partial charge >= 0.3 is 0 Å². The molecule has 90 valence electrons. The second-order valence-corrected chi connectivity index (χ2v) is 4.91. The molecule has 0 spiro atoms. The quantitative estimate of drug-likeness (QED) is 0.772. The van der Waals surface area contributed by atoms with Crippen molar-refractivity contribution in [3.63, 3.8) is 0 Å². The summed E-state index contributed by atoms with van der Waals surface area (Å²) in [5, 5.41) is 3.78. The highest BCUT2D eigenvalue weighted by Gasteiger charge is 2.01. The highest BCUT2D eigenvalue weighted by Crippen LogP contribution is 2.27. The van der Waals surface area contributed by atoms with Crippen LogP contribution in [0.1, 0.15) is 19.3 Å². The summed E-state index contributed by atoms with van der Waals surface area (Å²) in [5.74, 6) is 0.762. The van der Waals surface area contributed by atoms with Gasteiger partial charge in [0, 0.05) is 4.47 Å². The van der Waals surface area contributed by atoms with E-state index < -0.39 is 0 Å². The van der Waals surface area contributed by atoms with Crippen molar-refractivity contribution in [2.45, 2.75) is 19.3 Å². The average molecular weight is 307 g/mol. The first kappa shape index (κ1) is 13.8. The van der Waals surface area contributed by atoms with Crippen LogP contribution in [0, 0.1) is 0 Å². The Labute approximate surface area is 110 Å². The maximum absolute atomic E-state index is 6.03. The Kier molecular flexibility index (Phi) is 6.85. The summed E-state index contributed by atoms with van der Waals surface area (Å²) in [6, 6.07) is 5.67. The predicted molar refractivity (Wildman–Crippen MR) is 72.4 cm³/mol. The van der Waals surface area contributed by atoms with Crippen molar-refractivity contribution < 1.29 is 4.74 Å². The van der Waals surface area contributed by atoms with Crippen LogP contribution in [-0.2, 0) is 0 Å². The molecule has 0 aliphatic rings. The summed E-state index contributed by atoms with van der Waals surface area (Å²) in [6.45, 7) is 1.80. The molecule has 0 unspecified atom stereocenters. The Hall–Kier alpha value is -0.250. The normalized spacial score (nSPS) is 10.4. The van der Waals surface area contributed by atoms with Crippen molar-refractivity contribution in [2.75, 3.05) is 20.2 Å². The van der Waals surface area contributed by atoms with Crippen LogP contribution in [0.4, 0.5) is 0 Å². The van der Waals surface area contributed by atoms with E-state index >= 15 is 0 Å². The molecule has 0 amide bonds. The summed E-state index contributed by atoms with van der Waals surface area (Å²) in [4.78, 5) is 0. The zero-order chi connectivity index (χ0) is 11.8. The lowest BCUT2D eigenvalue weighted by Crippen LogP contribution is -2.07. The molecule has 1 aromatic rings. The number of unbranched alkanes of at least 4 members (excludes halogenated alkanes) is 2. The zero-order valence-electron chi connectivity index (χ0n) is 9.43. The number of nitrogens with one attached hydrogen (secondary N) is 1. The standard InChI is InChI=1S/C12H17BrClNO/c1-15-7-3-2-4-8-16-12-6-5-10(13)9-11(12)14/h5-6,9,15H,2-4,7-8H2,1H3. The van der Waals surface area contributed by atoms with Gasteiger partial charge in [-0.1, -0.05) is 27.5 Å². The minimum absolute atomic E-state index is 0.657. The Morgan fingerprint density at radius 1 is 1.31 bits per heavy atom. The van der Waals surface area contributed by atoms with Crippen molar-refractivity contribution in [2.24, 2.45) is 0 Å². The van der Waals surface area contributed by atoms with E-state index in [0.717, 1.165) is 29.8 Å². The number of hydrogen-bond acceptors (Lipinski definition) is 2. The van der Waals surface area contributed by atoms with Gasteiger partial charge in [0.2, 0.25) is 0 Å². The first-order chi connectivity index (χ1) is 7.74. The average Bonchev–Trinajstić information content (AvgIpc) is 2.26. The van der Waals surface area contributed by atoms with Crippen LogP contribution >= 0.6 is 27.5 Å². The molecule has 1 N–H and O–H groups in total. The van der Waals surface area contributed by atoms with Crippen LogP contribution < -0.4 is 10.1 Å². The Morgan fingerprint density at radius 2 is 2.12 bits per heavy atom. The third-order valence-corrected chi connectivity index (χ3v) is 3.01. The fraction of sp³-hybridized carbons (Fsp3) is 0.500. The molecular weight excluding hydrogens is 289 g/mol. The molecule has 0 atom stereocenters. The Balaban J connectivity index is 2.21. The van der Waals surface area contributed by atoms with Gasteiger partial charge in [0.05, 0.1) is 11.6 Å². The van der Waals surface area contributed by atoms with Crippen LogP contribution in [0.3, 0.4) is 0 Å². The number of benzene rings is 1. The van der Waals surface area contributed by atoms with Crippen LogP contribution in [0.2, 0.25) is 5.02 Å². The van der Waals surface area contributed by atoms with E-state index in [0.29, 0.717) is 5.02 Å². The van der Waals surface area contributed by atoms with Gasteiger partial charge in [0.25, 0.3) is 0 Å². The monoisotopic (exact) mass is 305 g/mol. The molecule has 2 nitrogen and oxygen atoms in total. The number of ether oxygens (including phenoxy) is 1. The fourth-order valence-electron chi connectivity index (χ4n) is 1.36. The highest BCUT2D eigenvalue weighted by atomic mass is 79.9. The van der Waals surface area contributed by atoms with Gasteiger partial charge in [0.15, 0.2) is 0 Å². The molecular formula is C12H17BrClNO. The SMILES string of the molecule is CNCCCCCOc1ccc(Br)cc1Cl. The van der Waals surface area contributed by atoms with Gasteiger partial charge < -0.3 is 10.1 Å². The van der Waals surface area contributed by atoms with Crippen LogP contribution in [0.5, 0.6) is 5.75 Å². The first-order valence-corrected chi connectivity index (χ1v) is 6.63. The summed E-state index contributed by atoms with van der Waals surface area (Å²) in [7, 11) is 1.97. The van der Waals surface area contributed by atoms with E-state index in [1.807, 2.05) is 25.2 Å². The molecule has 0 heterocycles. The number of hydrogen-bond donors (Lipinski definition) is 1. The van der Waals surface area contributed by atoms with Crippen LogP contribution in [0.15, 0.2) is 22.7 Å². The van der Waals surface area contributed by atoms with Crippen molar-refractivity contribution in [1.29, 1.82) is 0 Å². The first-order valence-electron chi connectivity index (χ1n) is 5.46. The molecule has 0 saturated heterocycles. The third-order valence-electron chi connectivity index (χ3n) is 2.22. The van der Waals surface area contributed by atoms with Gasteiger partial charge in [-0.05, 0) is 51.1 Å². The summed E-state index contributed by atoms with van der Waals surface area (Å²) in [5.41, 5.74) is 0. The van der Waals surface area contributed by atoms with Gasteiger partial charge in [-0.25, -0.2) is 0 Å².